The van der Waals surface area contributed by atoms with Crippen molar-refractivity contribution in [2.75, 3.05) is 27.2 Å². The van der Waals surface area contributed by atoms with Crippen LogP contribution in [-0.4, -0.2) is 38.0 Å². The highest BCUT2D eigenvalue weighted by Crippen LogP contribution is 2.04. The quantitative estimate of drug-likeness (QED) is 0.578. The lowest BCUT2D eigenvalue weighted by Gasteiger charge is -2.28. The van der Waals surface area contributed by atoms with Crippen LogP contribution in [0.3, 0.4) is 0 Å². The number of carbonyl (C=O) groups is 1. The summed E-state index contributed by atoms with van der Waals surface area (Å²) in [6, 6.07) is 0. The summed E-state index contributed by atoms with van der Waals surface area (Å²) < 4.78 is 0. The Balaban J connectivity index is 0.000000810. The first kappa shape index (κ1) is 9.72. The molecule has 60 valence electrons. The molecule has 0 unspecified atom stereocenters. The summed E-state index contributed by atoms with van der Waals surface area (Å²) in [5, 5.41) is 3.05. The van der Waals surface area contributed by atoms with E-state index in [1.165, 1.54) is 0 Å². The minimum atomic E-state index is 0. The topological polar surface area (TPSA) is 32.3 Å². The van der Waals surface area contributed by atoms with E-state index in [1.54, 1.807) is 19.0 Å². The number of amides is 1. The molecule has 1 saturated heterocycles. The highest BCUT2D eigenvalue weighted by molar-refractivity contribution is 5.85. The molecule has 10 heavy (non-hydrogen) atoms. The van der Waals surface area contributed by atoms with Gasteiger partial charge in [0.2, 0.25) is 5.91 Å². The zero-order valence-electron chi connectivity index (χ0n) is 6.26. The number of hydrogen-bond acceptors (Lipinski definition) is 2. The Morgan fingerprint density at radius 2 is 2.00 bits per heavy atom. The second-order valence-corrected chi connectivity index (χ2v) is 2.59. The first-order valence-electron chi connectivity index (χ1n) is 3.13. The Labute approximate surface area is 67.2 Å². The molecule has 1 fully saturated rings. The molecule has 0 aromatic rings. The van der Waals surface area contributed by atoms with Crippen LogP contribution in [0, 0.1) is 5.92 Å². The molecular formula is C6H13ClN2O. The van der Waals surface area contributed by atoms with Gasteiger partial charge in [-0.1, -0.05) is 0 Å². The zero-order valence-corrected chi connectivity index (χ0v) is 7.07. The van der Waals surface area contributed by atoms with Crippen LogP contribution in [0.4, 0.5) is 0 Å². The number of hydrogen-bond donors (Lipinski definition) is 1. The number of rotatable bonds is 1. The van der Waals surface area contributed by atoms with Crippen molar-refractivity contribution in [3.8, 4) is 0 Å². The van der Waals surface area contributed by atoms with E-state index in [0.717, 1.165) is 13.1 Å². The molecule has 0 aliphatic carbocycles. The van der Waals surface area contributed by atoms with Crippen LogP contribution in [0.25, 0.3) is 0 Å². The first-order valence-corrected chi connectivity index (χ1v) is 3.13. The first-order chi connectivity index (χ1) is 4.22. The molecule has 3 nitrogen and oxygen atoms in total. The maximum atomic E-state index is 11.0. The van der Waals surface area contributed by atoms with Gasteiger partial charge in [-0.2, -0.15) is 0 Å². The summed E-state index contributed by atoms with van der Waals surface area (Å²) >= 11 is 0. The summed E-state index contributed by atoms with van der Waals surface area (Å²) in [4.78, 5) is 12.7. The van der Waals surface area contributed by atoms with Crippen molar-refractivity contribution >= 4 is 18.3 Å². The zero-order chi connectivity index (χ0) is 6.85. The highest BCUT2D eigenvalue weighted by atomic mass is 35.5. The lowest BCUT2D eigenvalue weighted by Crippen LogP contribution is -2.50. The van der Waals surface area contributed by atoms with Crippen LogP contribution in [0.1, 0.15) is 0 Å². The maximum absolute atomic E-state index is 11.0. The van der Waals surface area contributed by atoms with E-state index in [0.29, 0.717) is 0 Å². The van der Waals surface area contributed by atoms with Gasteiger partial charge in [0, 0.05) is 27.2 Å². The standard InChI is InChI=1S/C6H12N2O.ClH/c1-8(2)6(9)5-3-7-4-5;/h5,7H,3-4H2,1-2H3;1H. The Bertz CT molecular complexity index is 123. The minimum absolute atomic E-state index is 0. The van der Waals surface area contributed by atoms with Crippen LogP contribution >= 0.6 is 12.4 Å². The Morgan fingerprint density at radius 3 is 2.10 bits per heavy atom. The fraction of sp³-hybridized carbons (Fsp3) is 0.833. The second-order valence-electron chi connectivity index (χ2n) is 2.59. The molecule has 0 radical (unpaired) electrons. The molecule has 0 atom stereocenters. The molecule has 0 bridgehead atoms. The number of nitrogens with zero attached hydrogens (tertiary/aromatic N) is 1. The summed E-state index contributed by atoms with van der Waals surface area (Å²) in [5.74, 6) is 0.494. The SMILES string of the molecule is CN(C)C(=O)C1CNC1.Cl. The molecule has 0 spiro atoms. The predicted molar refractivity (Wildman–Crippen MR) is 42.3 cm³/mol. The van der Waals surface area contributed by atoms with Gasteiger partial charge in [0.15, 0.2) is 0 Å². The van der Waals surface area contributed by atoms with Crippen molar-refractivity contribution < 1.29 is 4.79 Å². The summed E-state index contributed by atoms with van der Waals surface area (Å²) in [6.07, 6.45) is 0. The molecule has 1 N–H and O–H groups in total. The molecule has 1 aliphatic rings. The van der Waals surface area contributed by atoms with Crippen molar-refractivity contribution in [1.82, 2.24) is 10.2 Å². The van der Waals surface area contributed by atoms with Crippen molar-refractivity contribution in [2.24, 2.45) is 5.92 Å². The van der Waals surface area contributed by atoms with Gasteiger partial charge in [-0.05, 0) is 0 Å². The van der Waals surface area contributed by atoms with Crippen molar-refractivity contribution in [1.29, 1.82) is 0 Å². The molecule has 1 aliphatic heterocycles. The lowest BCUT2D eigenvalue weighted by atomic mass is 10.0. The monoisotopic (exact) mass is 164 g/mol. The van der Waals surface area contributed by atoms with E-state index in [-0.39, 0.29) is 24.2 Å². The lowest BCUT2D eigenvalue weighted by molar-refractivity contribution is -0.134. The second kappa shape index (κ2) is 3.78. The van der Waals surface area contributed by atoms with E-state index in [4.69, 9.17) is 0 Å². The third-order valence-electron chi connectivity index (χ3n) is 1.57. The van der Waals surface area contributed by atoms with Gasteiger partial charge in [0.1, 0.15) is 0 Å². The van der Waals surface area contributed by atoms with E-state index < -0.39 is 0 Å². The molecule has 1 amide bonds. The number of halogens is 1. The van der Waals surface area contributed by atoms with Gasteiger partial charge in [-0.15, -0.1) is 12.4 Å². The Hall–Kier alpha value is -0.280. The van der Waals surface area contributed by atoms with Crippen LogP contribution in [0.2, 0.25) is 0 Å². The van der Waals surface area contributed by atoms with Crippen LogP contribution in [0.15, 0.2) is 0 Å². The Morgan fingerprint density at radius 1 is 1.50 bits per heavy atom. The van der Waals surface area contributed by atoms with Crippen molar-refractivity contribution in [3.63, 3.8) is 0 Å². The van der Waals surface area contributed by atoms with Gasteiger partial charge < -0.3 is 10.2 Å². The maximum Gasteiger partial charge on any atom is 0.227 e. The molecule has 4 heteroatoms. The molecule has 0 aromatic heterocycles. The largest absolute Gasteiger partial charge is 0.348 e. The average Bonchev–Trinajstić information content (AvgIpc) is 1.60. The molecule has 1 rings (SSSR count). The van der Waals surface area contributed by atoms with E-state index >= 15 is 0 Å². The third-order valence-corrected chi connectivity index (χ3v) is 1.57. The smallest absolute Gasteiger partial charge is 0.227 e. The highest BCUT2D eigenvalue weighted by Gasteiger charge is 2.25. The van der Waals surface area contributed by atoms with Gasteiger partial charge in [-0.3, -0.25) is 4.79 Å². The van der Waals surface area contributed by atoms with Crippen LogP contribution in [-0.2, 0) is 4.79 Å². The fourth-order valence-corrected chi connectivity index (χ4v) is 0.828. The van der Waals surface area contributed by atoms with E-state index in [1.807, 2.05) is 0 Å². The van der Waals surface area contributed by atoms with Gasteiger partial charge >= 0.3 is 0 Å². The molecular weight excluding hydrogens is 152 g/mol. The molecule has 0 saturated carbocycles. The summed E-state index contributed by atoms with van der Waals surface area (Å²) in [5.41, 5.74) is 0. The van der Waals surface area contributed by atoms with Crippen molar-refractivity contribution in [3.05, 3.63) is 0 Å². The normalized spacial score (nSPS) is 17.0. The fourth-order valence-electron chi connectivity index (χ4n) is 0.828. The molecule has 0 aromatic carbocycles. The van der Waals surface area contributed by atoms with Crippen LogP contribution < -0.4 is 5.32 Å². The average molecular weight is 165 g/mol. The van der Waals surface area contributed by atoms with Gasteiger partial charge in [0.05, 0.1) is 5.92 Å². The number of nitrogens with one attached hydrogen (secondary N) is 1. The predicted octanol–water partition coefficient (Wildman–Crippen LogP) is -0.284. The van der Waals surface area contributed by atoms with Gasteiger partial charge in [-0.25, -0.2) is 0 Å². The Kier molecular flexibility index (Phi) is 3.68. The number of carbonyl (C=O) groups excluding carboxylic acids is 1. The van der Waals surface area contributed by atoms with Gasteiger partial charge in [0.25, 0.3) is 0 Å². The molecule has 1 heterocycles. The van der Waals surface area contributed by atoms with E-state index in [9.17, 15) is 4.79 Å². The van der Waals surface area contributed by atoms with Crippen LogP contribution in [0.5, 0.6) is 0 Å². The third kappa shape index (κ3) is 1.85. The van der Waals surface area contributed by atoms with Crippen molar-refractivity contribution in [2.45, 2.75) is 0 Å². The minimum Gasteiger partial charge on any atom is -0.348 e. The van der Waals surface area contributed by atoms with E-state index in [2.05, 4.69) is 5.32 Å². The summed E-state index contributed by atoms with van der Waals surface area (Å²) in [6.45, 7) is 1.72. The summed E-state index contributed by atoms with van der Waals surface area (Å²) in [7, 11) is 3.58.